The minimum absolute atomic E-state index is 0.0377. The number of H-pyrrole nitrogens is 1. The first kappa shape index (κ1) is 24.7. The summed E-state index contributed by atoms with van der Waals surface area (Å²) >= 11 is 6.76. The summed E-state index contributed by atoms with van der Waals surface area (Å²) in [5.41, 5.74) is 0.627. The number of carbonyl (C=O) groups excluding carboxylic acids is 3. The molecule has 7 nitrogen and oxygen atoms in total. The van der Waals surface area contributed by atoms with E-state index in [-0.39, 0.29) is 23.5 Å². The second kappa shape index (κ2) is 11.8. The number of fused-ring (bicyclic) bond motifs is 1. The first-order valence-electron chi connectivity index (χ1n) is 10.3. The van der Waals surface area contributed by atoms with Gasteiger partial charge in [-0.3, -0.25) is 14.4 Å². The van der Waals surface area contributed by atoms with Gasteiger partial charge in [-0.1, -0.05) is 41.6 Å². The zero-order chi connectivity index (χ0) is 23.8. The zero-order valence-electron chi connectivity index (χ0n) is 17.9. The second-order valence-electron chi connectivity index (χ2n) is 7.17. The molecule has 1 unspecified atom stereocenters. The first-order chi connectivity index (χ1) is 15.9. The predicted octanol–water partition coefficient (Wildman–Crippen LogP) is 3.73. The summed E-state index contributed by atoms with van der Waals surface area (Å²) < 4.78 is 5.47. The van der Waals surface area contributed by atoms with Crippen LogP contribution in [0.2, 0.25) is 5.02 Å². The lowest BCUT2D eigenvalue weighted by Gasteiger charge is -2.21. The number of ether oxygens (including phenoxy) is 1. The van der Waals surface area contributed by atoms with Crippen LogP contribution in [0.5, 0.6) is 0 Å². The largest absolute Gasteiger partial charge is 0.367 e. The van der Waals surface area contributed by atoms with Gasteiger partial charge in [0.15, 0.2) is 0 Å². The number of aromatic nitrogens is 1. The number of aldehydes is 1. The highest BCUT2D eigenvalue weighted by molar-refractivity contribution is 8.14. The van der Waals surface area contributed by atoms with Gasteiger partial charge in [0.25, 0.3) is 5.91 Å². The van der Waals surface area contributed by atoms with E-state index in [9.17, 15) is 19.2 Å². The van der Waals surface area contributed by atoms with Gasteiger partial charge in [-0.25, -0.2) is 0 Å². The molecule has 0 aliphatic heterocycles. The summed E-state index contributed by atoms with van der Waals surface area (Å²) in [5, 5.41) is 3.65. The van der Waals surface area contributed by atoms with Gasteiger partial charge >= 0.3 is 0 Å². The number of halogens is 1. The molecule has 33 heavy (non-hydrogen) atoms. The lowest BCUT2D eigenvalue weighted by Crippen LogP contribution is -2.42. The van der Waals surface area contributed by atoms with Crippen molar-refractivity contribution in [1.82, 2.24) is 10.3 Å². The number of hydrogen-bond donors (Lipinski definition) is 2. The third-order valence-corrected chi connectivity index (χ3v) is 6.21. The van der Waals surface area contributed by atoms with Crippen LogP contribution >= 0.6 is 23.4 Å². The van der Waals surface area contributed by atoms with Gasteiger partial charge in [-0.05, 0) is 42.8 Å². The molecule has 1 heterocycles. The monoisotopic (exact) mass is 486 g/mol. The number of pyridine rings is 1. The molecule has 172 valence electrons. The Kier molecular flexibility index (Phi) is 8.82. The van der Waals surface area contributed by atoms with Crippen molar-refractivity contribution in [2.24, 2.45) is 0 Å². The Morgan fingerprint density at radius 1 is 1.18 bits per heavy atom. The van der Waals surface area contributed by atoms with Crippen LogP contribution in [0.1, 0.15) is 29.3 Å². The topological polar surface area (TPSA) is 105 Å². The lowest BCUT2D eigenvalue weighted by atomic mass is 10.0. The van der Waals surface area contributed by atoms with Gasteiger partial charge in [0.05, 0.1) is 0 Å². The Labute approximate surface area is 199 Å². The SMILES string of the molecule is CCO[C@H](CC=O)SC(=O)C(Cc1cc(=O)[nH]c2ccccc12)NC(=O)c1ccc(Cl)cc1. The summed E-state index contributed by atoms with van der Waals surface area (Å²) in [7, 11) is 0. The summed E-state index contributed by atoms with van der Waals surface area (Å²) in [4.78, 5) is 52.0. The maximum absolute atomic E-state index is 13.2. The van der Waals surface area contributed by atoms with E-state index < -0.39 is 17.4 Å². The number of hydrogen-bond acceptors (Lipinski definition) is 6. The van der Waals surface area contributed by atoms with E-state index in [0.29, 0.717) is 34.6 Å². The van der Waals surface area contributed by atoms with Gasteiger partial charge < -0.3 is 19.8 Å². The number of thioether (sulfide) groups is 1. The minimum atomic E-state index is -0.960. The molecule has 1 aromatic heterocycles. The van der Waals surface area contributed by atoms with Gasteiger partial charge in [0.1, 0.15) is 17.8 Å². The number of nitrogens with one attached hydrogen (secondary N) is 2. The van der Waals surface area contributed by atoms with Crippen LogP contribution < -0.4 is 10.9 Å². The average Bonchev–Trinajstić information content (AvgIpc) is 2.79. The van der Waals surface area contributed by atoms with Crippen molar-refractivity contribution in [2.75, 3.05) is 6.61 Å². The molecule has 0 radical (unpaired) electrons. The fraction of sp³-hybridized carbons (Fsp3) is 0.250. The van der Waals surface area contributed by atoms with Crippen LogP contribution in [-0.4, -0.2) is 40.4 Å². The smallest absolute Gasteiger partial charge is 0.251 e. The number of amides is 1. The van der Waals surface area contributed by atoms with E-state index in [1.54, 1.807) is 43.3 Å². The zero-order valence-corrected chi connectivity index (χ0v) is 19.4. The summed E-state index contributed by atoms with van der Waals surface area (Å²) in [6, 6.07) is 14.0. The molecule has 1 amide bonds. The molecule has 0 saturated carbocycles. The molecule has 0 bridgehead atoms. The van der Waals surface area contributed by atoms with Crippen molar-refractivity contribution >= 4 is 51.6 Å². The minimum Gasteiger partial charge on any atom is -0.367 e. The molecule has 0 spiro atoms. The molecule has 9 heteroatoms. The summed E-state index contributed by atoms with van der Waals surface area (Å²) in [6.45, 7) is 2.10. The molecular formula is C24H23ClN2O5S. The molecule has 3 rings (SSSR count). The normalized spacial score (nSPS) is 12.8. The molecule has 0 aliphatic rings. The van der Waals surface area contributed by atoms with E-state index >= 15 is 0 Å². The molecule has 2 N–H and O–H groups in total. The fourth-order valence-corrected chi connectivity index (χ4v) is 4.40. The van der Waals surface area contributed by atoms with Crippen LogP contribution in [-0.2, 0) is 20.7 Å². The van der Waals surface area contributed by atoms with Crippen molar-refractivity contribution in [1.29, 1.82) is 0 Å². The lowest BCUT2D eigenvalue weighted by molar-refractivity contribution is -0.112. The van der Waals surface area contributed by atoms with Crippen molar-refractivity contribution in [2.45, 2.75) is 31.2 Å². The number of rotatable bonds is 10. The van der Waals surface area contributed by atoms with Crippen LogP contribution in [0.15, 0.2) is 59.4 Å². The highest BCUT2D eigenvalue weighted by atomic mass is 35.5. The van der Waals surface area contributed by atoms with Crippen LogP contribution in [0.3, 0.4) is 0 Å². The second-order valence-corrected chi connectivity index (χ2v) is 8.77. The van der Waals surface area contributed by atoms with Gasteiger partial charge in [-0.15, -0.1) is 0 Å². The van der Waals surface area contributed by atoms with Crippen molar-refractivity contribution in [3.8, 4) is 0 Å². The molecular weight excluding hydrogens is 464 g/mol. The Bertz CT molecular complexity index is 1200. The van der Waals surface area contributed by atoms with E-state index in [4.69, 9.17) is 16.3 Å². The highest BCUT2D eigenvalue weighted by Crippen LogP contribution is 2.22. The Balaban J connectivity index is 1.91. The molecule has 3 aromatic rings. The predicted molar refractivity (Wildman–Crippen MR) is 130 cm³/mol. The molecule has 0 aliphatic carbocycles. The third-order valence-electron chi connectivity index (χ3n) is 4.85. The van der Waals surface area contributed by atoms with Gasteiger partial charge in [0.2, 0.25) is 10.7 Å². The fourth-order valence-electron chi connectivity index (χ4n) is 3.33. The maximum Gasteiger partial charge on any atom is 0.251 e. The quantitative estimate of drug-likeness (QED) is 0.334. The Morgan fingerprint density at radius 2 is 1.91 bits per heavy atom. The van der Waals surface area contributed by atoms with Crippen molar-refractivity contribution in [3.05, 3.63) is 81.1 Å². The van der Waals surface area contributed by atoms with Crippen molar-refractivity contribution in [3.63, 3.8) is 0 Å². The standard InChI is InChI=1S/C24H23ClN2O5S/c1-2-32-22(11-12-28)33-24(31)20(27-23(30)15-7-9-17(25)10-8-15)13-16-14-21(29)26-19-6-4-3-5-18(16)19/h3-10,12,14,20,22H,2,11,13H2,1H3,(H,26,29)(H,27,30)/t20?,22-/m0/s1. The highest BCUT2D eigenvalue weighted by Gasteiger charge is 2.26. The number of para-hydroxylation sites is 1. The van der Waals surface area contributed by atoms with E-state index in [1.807, 2.05) is 12.1 Å². The molecule has 2 aromatic carbocycles. The van der Waals surface area contributed by atoms with Gasteiger partial charge in [-0.2, -0.15) is 0 Å². The van der Waals surface area contributed by atoms with Gasteiger partial charge in [0, 0.05) is 47.0 Å². The summed E-state index contributed by atoms with van der Waals surface area (Å²) in [6.07, 6.45) is 0.817. The third kappa shape index (κ3) is 6.77. The number of carbonyl (C=O) groups is 3. The Morgan fingerprint density at radius 3 is 2.61 bits per heavy atom. The Hall–Kier alpha value is -2.94. The van der Waals surface area contributed by atoms with E-state index in [1.165, 1.54) is 6.07 Å². The van der Waals surface area contributed by atoms with Crippen LogP contribution in [0, 0.1) is 0 Å². The van der Waals surface area contributed by atoms with Crippen LogP contribution in [0.25, 0.3) is 10.9 Å². The number of benzene rings is 2. The number of aromatic amines is 1. The van der Waals surface area contributed by atoms with E-state index in [2.05, 4.69) is 10.3 Å². The van der Waals surface area contributed by atoms with E-state index in [0.717, 1.165) is 17.1 Å². The maximum atomic E-state index is 13.2. The average molecular weight is 487 g/mol. The molecule has 0 fully saturated rings. The summed E-state index contributed by atoms with van der Waals surface area (Å²) in [5.74, 6) is -0.455. The van der Waals surface area contributed by atoms with Crippen molar-refractivity contribution < 1.29 is 19.1 Å². The molecule has 0 saturated heterocycles. The first-order valence-corrected chi connectivity index (χ1v) is 11.6. The molecule has 2 atom stereocenters. The van der Waals surface area contributed by atoms with Crippen LogP contribution in [0.4, 0.5) is 0 Å².